The van der Waals surface area contributed by atoms with Crippen LogP contribution in [0.2, 0.25) is 0 Å². The highest BCUT2D eigenvalue weighted by Crippen LogP contribution is 2.34. The maximum Gasteiger partial charge on any atom is 0.0471 e. The number of nitrogen functional groups attached to an aromatic ring is 1. The van der Waals surface area contributed by atoms with Gasteiger partial charge in [-0.05, 0) is 31.4 Å². The highest BCUT2D eigenvalue weighted by atomic mass is 15.3. The third-order valence-electron chi connectivity index (χ3n) is 3.95. The van der Waals surface area contributed by atoms with E-state index in [-0.39, 0.29) is 5.54 Å². The molecule has 100 valence electrons. The number of anilines is 2. The summed E-state index contributed by atoms with van der Waals surface area (Å²) in [6.45, 7) is 7.58. The van der Waals surface area contributed by atoms with E-state index in [0.717, 1.165) is 25.3 Å². The van der Waals surface area contributed by atoms with E-state index in [1.807, 2.05) is 6.07 Å². The fourth-order valence-electron chi connectivity index (χ4n) is 2.97. The molecule has 0 amide bonds. The van der Waals surface area contributed by atoms with Gasteiger partial charge in [0.05, 0.1) is 0 Å². The lowest BCUT2D eigenvalue weighted by molar-refractivity contribution is 0.381. The van der Waals surface area contributed by atoms with Gasteiger partial charge in [0, 0.05) is 41.9 Å². The molecule has 1 aliphatic rings. The van der Waals surface area contributed by atoms with E-state index in [1.54, 1.807) is 0 Å². The van der Waals surface area contributed by atoms with Gasteiger partial charge in [0.2, 0.25) is 0 Å². The zero-order valence-electron chi connectivity index (χ0n) is 11.6. The van der Waals surface area contributed by atoms with Gasteiger partial charge in [-0.25, -0.2) is 0 Å². The largest absolute Gasteiger partial charge is 0.399 e. The Morgan fingerprint density at radius 3 is 2.79 bits per heavy atom. The van der Waals surface area contributed by atoms with E-state index in [1.165, 1.54) is 16.5 Å². The minimum atomic E-state index is 0.106. The van der Waals surface area contributed by atoms with Crippen molar-refractivity contribution in [2.75, 3.05) is 30.3 Å². The van der Waals surface area contributed by atoms with Crippen LogP contribution in [0.25, 0.3) is 10.8 Å². The van der Waals surface area contributed by atoms with Gasteiger partial charge in [-0.2, -0.15) is 0 Å². The van der Waals surface area contributed by atoms with Crippen LogP contribution in [0.15, 0.2) is 36.4 Å². The first kappa shape index (κ1) is 12.3. The summed E-state index contributed by atoms with van der Waals surface area (Å²) in [6.07, 6.45) is 0. The molecule has 0 bridgehead atoms. The third kappa shape index (κ3) is 2.15. The highest BCUT2D eigenvalue weighted by molar-refractivity contribution is 5.97. The molecule has 3 N–H and O–H groups in total. The fraction of sp³-hybridized carbons (Fsp3) is 0.375. The number of hydrogen-bond donors (Lipinski definition) is 2. The predicted octanol–water partition coefficient (Wildman–Crippen LogP) is 2.61. The Hall–Kier alpha value is -1.74. The summed E-state index contributed by atoms with van der Waals surface area (Å²) in [5, 5.41) is 5.96. The van der Waals surface area contributed by atoms with E-state index in [0.29, 0.717) is 0 Å². The van der Waals surface area contributed by atoms with Crippen LogP contribution < -0.4 is 16.0 Å². The Kier molecular flexibility index (Phi) is 2.86. The molecule has 0 aliphatic carbocycles. The first-order valence-electron chi connectivity index (χ1n) is 6.84. The number of nitrogens with zero attached hydrogens (tertiary/aromatic N) is 1. The molecule has 0 unspecified atom stereocenters. The monoisotopic (exact) mass is 255 g/mol. The molecule has 3 heteroatoms. The van der Waals surface area contributed by atoms with Gasteiger partial charge in [-0.3, -0.25) is 0 Å². The summed E-state index contributed by atoms with van der Waals surface area (Å²) in [5.41, 5.74) is 8.27. The Morgan fingerprint density at radius 2 is 2.00 bits per heavy atom. The number of nitrogens with one attached hydrogen (secondary N) is 1. The molecule has 1 saturated heterocycles. The number of hydrogen-bond acceptors (Lipinski definition) is 3. The highest BCUT2D eigenvalue weighted by Gasteiger charge is 2.30. The van der Waals surface area contributed by atoms with Crippen molar-refractivity contribution in [3.8, 4) is 0 Å². The molecular weight excluding hydrogens is 234 g/mol. The van der Waals surface area contributed by atoms with Gasteiger partial charge in [0.25, 0.3) is 0 Å². The summed E-state index contributed by atoms with van der Waals surface area (Å²) in [6, 6.07) is 12.6. The first-order valence-corrected chi connectivity index (χ1v) is 6.84. The summed E-state index contributed by atoms with van der Waals surface area (Å²) >= 11 is 0. The Bertz CT molecular complexity index is 604. The van der Waals surface area contributed by atoms with Crippen molar-refractivity contribution in [1.29, 1.82) is 0 Å². The Morgan fingerprint density at radius 1 is 1.21 bits per heavy atom. The van der Waals surface area contributed by atoms with E-state index < -0.39 is 0 Å². The minimum Gasteiger partial charge on any atom is -0.399 e. The van der Waals surface area contributed by atoms with E-state index in [4.69, 9.17) is 5.73 Å². The Labute approximate surface area is 114 Å². The van der Waals surface area contributed by atoms with Crippen LogP contribution >= 0.6 is 0 Å². The van der Waals surface area contributed by atoms with Crippen molar-refractivity contribution in [3.63, 3.8) is 0 Å². The van der Waals surface area contributed by atoms with Crippen molar-refractivity contribution < 1.29 is 0 Å². The molecule has 2 aromatic rings. The van der Waals surface area contributed by atoms with E-state index in [2.05, 4.69) is 54.4 Å². The number of fused-ring (bicyclic) bond motifs is 1. The lowest BCUT2D eigenvalue weighted by Crippen LogP contribution is -2.58. The van der Waals surface area contributed by atoms with Crippen LogP contribution in [-0.2, 0) is 0 Å². The average Bonchev–Trinajstić information content (AvgIpc) is 2.37. The molecular formula is C16H21N3. The molecule has 19 heavy (non-hydrogen) atoms. The smallest absolute Gasteiger partial charge is 0.0471 e. The normalized spacial score (nSPS) is 18.7. The van der Waals surface area contributed by atoms with E-state index in [9.17, 15) is 0 Å². The molecule has 0 aromatic heterocycles. The second-order valence-corrected chi connectivity index (χ2v) is 5.90. The molecule has 1 aliphatic heterocycles. The predicted molar refractivity (Wildman–Crippen MR) is 82.7 cm³/mol. The lowest BCUT2D eigenvalue weighted by atomic mass is 9.97. The quantitative estimate of drug-likeness (QED) is 0.770. The number of benzene rings is 2. The first-order chi connectivity index (χ1) is 9.08. The summed E-state index contributed by atoms with van der Waals surface area (Å²) in [4.78, 5) is 2.47. The zero-order valence-corrected chi connectivity index (χ0v) is 11.6. The summed E-state index contributed by atoms with van der Waals surface area (Å²) in [7, 11) is 0. The average molecular weight is 255 g/mol. The lowest BCUT2D eigenvalue weighted by Gasteiger charge is -2.45. The van der Waals surface area contributed by atoms with Crippen LogP contribution in [0.3, 0.4) is 0 Å². The molecule has 3 nitrogen and oxygen atoms in total. The van der Waals surface area contributed by atoms with Gasteiger partial charge in [-0.1, -0.05) is 24.3 Å². The van der Waals surface area contributed by atoms with Crippen LogP contribution in [0.5, 0.6) is 0 Å². The van der Waals surface area contributed by atoms with Crippen LogP contribution in [0.4, 0.5) is 11.4 Å². The van der Waals surface area contributed by atoms with Crippen molar-refractivity contribution >= 4 is 22.1 Å². The van der Waals surface area contributed by atoms with Gasteiger partial charge in [-0.15, -0.1) is 0 Å². The molecule has 0 radical (unpaired) electrons. The molecule has 1 heterocycles. The number of nitrogens with two attached hydrogens (primary N) is 1. The zero-order chi connectivity index (χ0) is 13.5. The molecule has 3 rings (SSSR count). The fourth-order valence-corrected chi connectivity index (χ4v) is 2.97. The third-order valence-corrected chi connectivity index (χ3v) is 3.95. The van der Waals surface area contributed by atoms with Crippen LogP contribution in [0.1, 0.15) is 13.8 Å². The van der Waals surface area contributed by atoms with Crippen LogP contribution in [0, 0.1) is 0 Å². The van der Waals surface area contributed by atoms with Gasteiger partial charge in [0.1, 0.15) is 0 Å². The topological polar surface area (TPSA) is 41.3 Å². The molecule has 2 aromatic carbocycles. The SMILES string of the molecule is CC1(C)CNCCN1c1cc(N)cc2ccccc12. The number of piperazine rings is 1. The van der Waals surface area contributed by atoms with Crippen molar-refractivity contribution in [1.82, 2.24) is 5.32 Å². The number of rotatable bonds is 1. The standard InChI is InChI=1S/C16H21N3/c1-16(2)11-18-7-8-19(16)15-10-13(17)9-12-5-3-4-6-14(12)15/h3-6,9-10,18H,7-8,11,17H2,1-2H3. The maximum atomic E-state index is 6.08. The molecule has 0 spiro atoms. The molecule has 0 saturated carbocycles. The maximum absolute atomic E-state index is 6.08. The van der Waals surface area contributed by atoms with Crippen molar-refractivity contribution in [2.24, 2.45) is 0 Å². The van der Waals surface area contributed by atoms with Crippen molar-refractivity contribution in [2.45, 2.75) is 19.4 Å². The van der Waals surface area contributed by atoms with E-state index >= 15 is 0 Å². The Balaban J connectivity index is 2.18. The summed E-state index contributed by atoms with van der Waals surface area (Å²) < 4.78 is 0. The molecule has 0 atom stereocenters. The van der Waals surface area contributed by atoms with Crippen LogP contribution in [-0.4, -0.2) is 25.2 Å². The molecule has 1 fully saturated rings. The van der Waals surface area contributed by atoms with Crippen molar-refractivity contribution in [3.05, 3.63) is 36.4 Å². The van der Waals surface area contributed by atoms with Gasteiger partial charge in [0.15, 0.2) is 0 Å². The van der Waals surface area contributed by atoms with Gasteiger partial charge >= 0.3 is 0 Å². The minimum absolute atomic E-state index is 0.106. The summed E-state index contributed by atoms with van der Waals surface area (Å²) in [5.74, 6) is 0. The second kappa shape index (κ2) is 4.42. The second-order valence-electron chi connectivity index (χ2n) is 5.90. The van der Waals surface area contributed by atoms with Gasteiger partial charge < -0.3 is 16.0 Å².